The van der Waals surface area contributed by atoms with Crippen molar-refractivity contribution in [2.75, 3.05) is 19.8 Å². The van der Waals surface area contributed by atoms with Gasteiger partial charge in [0, 0.05) is 30.7 Å². The monoisotopic (exact) mass is 462 g/mol. The molecule has 1 N–H and O–H groups in total. The van der Waals surface area contributed by atoms with Crippen molar-refractivity contribution in [1.29, 1.82) is 0 Å². The Balaban J connectivity index is 1.33. The summed E-state index contributed by atoms with van der Waals surface area (Å²) >= 11 is 0. The van der Waals surface area contributed by atoms with Gasteiger partial charge < -0.3 is 14.5 Å². The van der Waals surface area contributed by atoms with Gasteiger partial charge in [-0.2, -0.15) is 0 Å². The standard InChI is InChI=1S/C26H23FN2O5/c27-19-6-4-18(5-7-19)26(9-12-33-13-10-26)16-28-23(30)17-3-8-21-22(14-17)25(32)29(24(21)31)15-20-2-1-11-34-20/h1-8,11,14H,9-10,12-13,15-16H2,(H,28,30). The summed E-state index contributed by atoms with van der Waals surface area (Å²) in [5.41, 5.74) is 1.33. The number of fused-ring (bicyclic) bond motifs is 1. The Kier molecular flexibility index (Phi) is 5.75. The van der Waals surface area contributed by atoms with Crippen LogP contribution >= 0.6 is 0 Å². The largest absolute Gasteiger partial charge is 0.467 e. The van der Waals surface area contributed by atoms with Crippen LogP contribution in [0.5, 0.6) is 0 Å². The lowest BCUT2D eigenvalue weighted by Gasteiger charge is -2.38. The summed E-state index contributed by atoms with van der Waals surface area (Å²) in [6.45, 7) is 1.47. The van der Waals surface area contributed by atoms with Crippen LogP contribution in [-0.2, 0) is 16.7 Å². The Morgan fingerprint density at radius 1 is 1.00 bits per heavy atom. The minimum Gasteiger partial charge on any atom is -0.467 e. The average Bonchev–Trinajstić information content (AvgIpc) is 3.46. The molecule has 3 aromatic rings. The third kappa shape index (κ3) is 4.01. The van der Waals surface area contributed by atoms with E-state index in [0.717, 1.165) is 10.5 Å². The first-order valence-electron chi connectivity index (χ1n) is 11.1. The number of amides is 3. The molecule has 0 bridgehead atoms. The van der Waals surface area contributed by atoms with Gasteiger partial charge in [-0.25, -0.2) is 4.39 Å². The summed E-state index contributed by atoms with van der Waals surface area (Å²) in [4.78, 5) is 39.7. The quantitative estimate of drug-likeness (QED) is 0.565. The summed E-state index contributed by atoms with van der Waals surface area (Å²) in [5.74, 6) is -1.04. The number of hydrogen-bond donors (Lipinski definition) is 1. The number of hydrogen-bond acceptors (Lipinski definition) is 5. The zero-order chi connectivity index (χ0) is 23.7. The lowest BCUT2D eigenvalue weighted by atomic mass is 9.74. The van der Waals surface area contributed by atoms with E-state index in [4.69, 9.17) is 9.15 Å². The van der Waals surface area contributed by atoms with Gasteiger partial charge in [0.25, 0.3) is 17.7 Å². The minimum atomic E-state index is -0.460. The number of ether oxygens (including phenoxy) is 1. The molecule has 3 amide bonds. The van der Waals surface area contributed by atoms with Crippen molar-refractivity contribution >= 4 is 17.7 Å². The van der Waals surface area contributed by atoms with Crippen molar-refractivity contribution in [3.8, 4) is 0 Å². The van der Waals surface area contributed by atoms with Gasteiger partial charge in [-0.1, -0.05) is 12.1 Å². The molecule has 0 atom stereocenters. The maximum Gasteiger partial charge on any atom is 0.261 e. The van der Waals surface area contributed by atoms with E-state index >= 15 is 0 Å². The molecule has 1 aromatic heterocycles. The van der Waals surface area contributed by atoms with Crippen molar-refractivity contribution in [2.45, 2.75) is 24.8 Å². The van der Waals surface area contributed by atoms with Gasteiger partial charge in [0.05, 0.1) is 23.9 Å². The molecule has 3 heterocycles. The van der Waals surface area contributed by atoms with Gasteiger partial charge in [-0.3, -0.25) is 19.3 Å². The highest BCUT2D eigenvalue weighted by Gasteiger charge is 2.37. The Bertz CT molecular complexity index is 1230. The van der Waals surface area contributed by atoms with Crippen LogP contribution in [0, 0.1) is 5.82 Å². The molecule has 0 aliphatic carbocycles. The topological polar surface area (TPSA) is 88.8 Å². The predicted molar refractivity (Wildman–Crippen MR) is 120 cm³/mol. The van der Waals surface area contributed by atoms with Crippen LogP contribution in [0.15, 0.2) is 65.3 Å². The van der Waals surface area contributed by atoms with Gasteiger partial charge in [0.1, 0.15) is 11.6 Å². The zero-order valence-electron chi connectivity index (χ0n) is 18.4. The van der Waals surface area contributed by atoms with Crippen LogP contribution in [0.2, 0.25) is 0 Å². The van der Waals surface area contributed by atoms with Crippen molar-refractivity contribution in [1.82, 2.24) is 10.2 Å². The van der Waals surface area contributed by atoms with Gasteiger partial charge in [-0.15, -0.1) is 0 Å². The molecule has 34 heavy (non-hydrogen) atoms. The molecule has 0 spiro atoms. The smallest absolute Gasteiger partial charge is 0.261 e. The van der Waals surface area contributed by atoms with E-state index in [1.807, 2.05) is 0 Å². The van der Waals surface area contributed by atoms with Crippen molar-refractivity contribution < 1.29 is 27.9 Å². The lowest BCUT2D eigenvalue weighted by Crippen LogP contribution is -2.44. The van der Waals surface area contributed by atoms with Crippen molar-refractivity contribution in [3.63, 3.8) is 0 Å². The van der Waals surface area contributed by atoms with E-state index < -0.39 is 11.8 Å². The second kappa shape index (κ2) is 8.87. The number of furan rings is 1. The Morgan fingerprint density at radius 3 is 2.44 bits per heavy atom. The zero-order valence-corrected chi connectivity index (χ0v) is 18.4. The SMILES string of the molecule is O=C(NCC1(c2ccc(F)cc2)CCOCC1)c1ccc2c(c1)C(=O)N(Cc1ccco1)C2=O. The molecule has 0 radical (unpaired) electrons. The van der Waals surface area contributed by atoms with Crippen LogP contribution in [-0.4, -0.2) is 42.4 Å². The van der Waals surface area contributed by atoms with E-state index in [2.05, 4.69) is 5.32 Å². The van der Waals surface area contributed by atoms with Gasteiger partial charge in [-0.05, 0) is 60.9 Å². The van der Waals surface area contributed by atoms with Gasteiger partial charge in [0.2, 0.25) is 0 Å². The van der Waals surface area contributed by atoms with Crippen molar-refractivity contribution in [3.05, 3.63) is 94.7 Å². The van der Waals surface area contributed by atoms with Crippen molar-refractivity contribution in [2.24, 2.45) is 0 Å². The van der Waals surface area contributed by atoms with Gasteiger partial charge >= 0.3 is 0 Å². The first-order valence-corrected chi connectivity index (χ1v) is 11.1. The molecule has 2 aromatic carbocycles. The van der Waals surface area contributed by atoms with E-state index in [-0.39, 0.29) is 34.8 Å². The van der Waals surface area contributed by atoms with Crippen LogP contribution in [0.25, 0.3) is 0 Å². The number of carbonyl (C=O) groups excluding carboxylic acids is 3. The number of nitrogens with one attached hydrogen (secondary N) is 1. The third-order valence-corrected chi connectivity index (χ3v) is 6.62. The molecular formula is C26H23FN2O5. The Hall–Kier alpha value is -3.78. The van der Waals surface area contributed by atoms with Crippen LogP contribution in [0.1, 0.15) is 55.2 Å². The summed E-state index contributed by atoms with van der Waals surface area (Å²) in [6.07, 6.45) is 2.86. The lowest BCUT2D eigenvalue weighted by molar-refractivity contribution is 0.0487. The summed E-state index contributed by atoms with van der Waals surface area (Å²) in [6, 6.07) is 14.2. The first kappa shape index (κ1) is 22.0. The molecule has 0 saturated carbocycles. The number of imide groups is 1. The maximum absolute atomic E-state index is 13.5. The fraction of sp³-hybridized carbons (Fsp3) is 0.269. The highest BCUT2D eigenvalue weighted by atomic mass is 19.1. The summed E-state index contributed by atoms with van der Waals surface area (Å²) in [5, 5.41) is 2.97. The highest BCUT2D eigenvalue weighted by Crippen LogP contribution is 2.34. The second-order valence-corrected chi connectivity index (χ2v) is 8.62. The number of benzene rings is 2. The average molecular weight is 462 g/mol. The first-order chi connectivity index (χ1) is 16.5. The maximum atomic E-state index is 13.5. The van der Waals surface area contributed by atoms with Crippen LogP contribution in [0.3, 0.4) is 0 Å². The molecule has 2 aliphatic rings. The number of halogens is 1. The molecule has 174 valence electrons. The Morgan fingerprint density at radius 2 is 1.74 bits per heavy atom. The van der Waals surface area contributed by atoms with Gasteiger partial charge in [0.15, 0.2) is 0 Å². The summed E-state index contributed by atoms with van der Waals surface area (Å²) < 4.78 is 24.2. The van der Waals surface area contributed by atoms with Crippen LogP contribution < -0.4 is 5.32 Å². The third-order valence-electron chi connectivity index (χ3n) is 6.62. The van der Waals surface area contributed by atoms with E-state index in [1.165, 1.54) is 30.5 Å². The molecular weight excluding hydrogens is 439 g/mol. The molecule has 2 aliphatic heterocycles. The van der Waals surface area contributed by atoms with E-state index in [9.17, 15) is 18.8 Å². The summed E-state index contributed by atoms with van der Waals surface area (Å²) in [7, 11) is 0. The number of rotatable bonds is 6. The van der Waals surface area contributed by atoms with E-state index in [1.54, 1.807) is 30.3 Å². The number of nitrogens with zero attached hydrogens (tertiary/aromatic N) is 1. The molecule has 1 fully saturated rings. The molecule has 0 unspecified atom stereocenters. The molecule has 8 heteroatoms. The number of carbonyl (C=O) groups is 3. The Labute approximate surface area is 195 Å². The molecule has 1 saturated heterocycles. The van der Waals surface area contributed by atoms with Crippen LogP contribution in [0.4, 0.5) is 4.39 Å². The fourth-order valence-corrected chi connectivity index (χ4v) is 4.62. The second-order valence-electron chi connectivity index (χ2n) is 8.62. The predicted octanol–water partition coefficient (Wildman–Crippen LogP) is 3.69. The molecule has 7 nitrogen and oxygen atoms in total. The van der Waals surface area contributed by atoms with E-state index in [0.29, 0.717) is 43.9 Å². The fourth-order valence-electron chi connectivity index (χ4n) is 4.62. The normalized spacial score (nSPS) is 17.0. The molecule has 5 rings (SSSR count). The highest BCUT2D eigenvalue weighted by molar-refractivity contribution is 6.22. The minimum absolute atomic E-state index is 0.0309.